The first-order valence-corrected chi connectivity index (χ1v) is 5.23. The highest BCUT2D eigenvalue weighted by Crippen LogP contribution is 2.18. The molecule has 1 heterocycles. The van der Waals surface area contributed by atoms with Gasteiger partial charge in [-0.2, -0.15) is 0 Å². The van der Waals surface area contributed by atoms with Crippen LogP contribution < -0.4 is 5.73 Å². The predicted molar refractivity (Wildman–Crippen MR) is 54.9 cm³/mol. The largest absolute Gasteiger partial charge is 0.381 e. The first kappa shape index (κ1) is 11.5. The quantitative estimate of drug-likeness (QED) is 0.690. The number of primary amides is 1. The smallest absolute Gasteiger partial charge is 0.231 e. The summed E-state index contributed by atoms with van der Waals surface area (Å²) < 4.78 is 5.28. The van der Waals surface area contributed by atoms with Crippen LogP contribution in [0.5, 0.6) is 0 Å². The van der Waals surface area contributed by atoms with E-state index >= 15 is 0 Å². The molecule has 0 aromatic rings. The van der Waals surface area contributed by atoms with Crippen molar-refractivity contribution >= 4 is 5.91 Å². The Morgan fingerprint density at radius 3 is 2.71 bits per heavy atom. The fourth-order valence-electron chi connectivity index (χ4n) is 1.78. The van der Waals surface area contributed by atoms with Crippen molar-refractivity contribution in [1.82, 2.24) is 4.90 Å². The van der Waals surface area contributed by atoms with Crippen LogP contribution in [0.1, 0.15) is 19.3 Å². The molecule has 0 spiro atoms. The zero-order valence-electron chi connectivity index (χ0n) is 8.87. The van der Waals surface area contributed by atoms with E-state index in [1.54, 1.807) is 0 Å². The van der Waals surface area contributed by atoms with E-state index in [-0.39, 0.29) is 5.91 Å². The van der Waals surface area contributed by atoms with Gasteiger partial charge in [0, 0.05) is 13.2 Å². The van der Waals surface area contributed by atoms with Crippen LogP contribution >= 0.6 is 0 Å². The summed E-state index contributed by atoms with van der Waals surface area (Å²) in [4.78, 5) is 12.6. The average molecular weight is 200 g/mol. The van der Waals surface area contributed by atoms with Crippen LogP contribution in [0.4, 0.5) is 0 Å². The number of carbonyl (C=O) groups excluding carboxylic acids is 1. The molecule has 0 bridgehead atoms. The van der Waals surface area contributed by atoms with E-state index in [0.29, 0.717) is 6.54 Å². The molecule has 0 radical (unpaired) electrons. The lowest BCUT2D eigenvalue weighted by Gasteiger charge is -2.24. The van der Waals surface area contributed by atoms with Gasteiger partial charge in [-0.1, -0.05) is 0 Å². The minimum atomic E-state index is -0.250. The second-order valence-electron chi connectivity index (χ2n) is 4.05. The Morgan fingerprint density at radius 2 is 2.14 bits per heavy atom. The molecule has 14 heavy (non-hydrogen) atoms. The highest BCUT2D eigenvalue weighted by Gasteiger charge is 2.14. The van der Waals surface area contributed by atoms with Crippen LogP contribution in [-0.4, -0.2) is 44.2 Å². The number of nitrogens with zero attached hydrogens (tertiary/aromatic N) is 1. The third-order valence-electron chi connectivity index (χ3n) is 2.69. The van der Waals surface area contributed by atoms with Crippen LogP contribution in [0, 0.1) is 5.92 Å². The van der Waals surface area contributed by atoms with Crippen molar-refractivity contribution in [1.29, 1.82) is 0 Å². The molecule has 1 rings (SSSR count). The van der Waals surface area contributed by atoms with Gasteiger partial charge >= 0.3 is 0 Å². The number of hydrogen-bond acceptors (Lipinski definition) is 3. The maximum absolute atomic E-state index is 10.6. The molecule has 0 aromatic heterocycles. The van der Waals surface area contributed by atoms with Crippen LogP contribution in [0.15, 0.2) is 0 Å². The number of likely N-dealkylation sites (N-methyl/N-ethyl adjacent to an activating group) is 1. The summed E-state index contributed by atoms with van der Waals surface area (Å²) in [7, 11) is 1.93. The summed E-state index contributed by atoms with van der Waals surface area (Å²) in [6, 6.07) is 0. The molecule has 4 nitrogen and oxygen atoms in total. The van der Waals surface area contributed by atoms with Crippen molar-refractivity contribution in [3.05, 3.63) is 0 Å². The number of hydrogen-bond donors (Lipinski definition) is 1. The lowest BCUT2D eigenvalue weighted by molar-refractivity contribution is -0.118. The van der Waals surface area contributed by atoms with Crippen LogP contribution in [0.3, 0.4) is 0 Å². The van der Waals surface area contributed by atoms with E-state index in [0.717, 1.165) is 44.9 Å². The molecule has 1 aliphatic heterocycles. The maximum atomic E-state index is 10.6. The molecule has 1 amide bonds. The average Bonchev–Trinajstić information content (AvgIpc) is 2.15. The zero-order valence-corrected chi connectivity index (χ0v) is 8.87. The van der Waals surface area contributed by atoms with Gasteiger partial charge in [0.05, 0.1) is 6.54 Å². The normalized spacial score (nSPS) is 18.7. The summed E-state index contributed by atoms with van der Waals surface area (Å²) >= 11 is 0. The second-order valence-corrected chi connectivity index (χ2v) is 4.05. The third-order valence-corrected chi connectivity index (χ3v) is 2.69. The van der Waals surface area contributed by atoms with E-state index in [9.17, 15) is 4.79 Å². The summed E-state index contributed by atoms with van der Waals surface area (Å²) in [6.45, 7) is 3.10. The first-order valence-electron chi connectivity index (χ1n) is 5.23. The Kier molecular flexibility index (Phi) is 4.90. The van der Waals surface area contributed by atoms with Crippen molar-refractivity contribution in [3.8, 4) is 0 Å². The van der Waals surface area contributed by atoms with Crippen LogP contribution in [0.25, 0.3) is 0 Å². The van der Waals surface area contributed by atoms with Gasteiger partial charge in [0.25, 0.3) is 0 Å². The molecule has 0 aromatic carbocycles. The third kappa shape index (κ3) is 4.58. The number of ether oxygens (including phenoxy) is 1. The van der Waals surface area contributed by atoms with Gasteiger partial charge in [0.1, 0.15) is 0 Å². The molecule has 2 N–H and O–H groups in total. The van der Waals surface area contributed by atoms with Crippen LogP contribution in [-0.2, 0) is 9.53 Å². The lowest BCUT2D eigenvalue weighted by Crippen LogP contribution is -2.32. The van der Waals surface area contributed by atoms with Crippen molar-refractivity contribution in [2.45, 2.75) is 19.3 Å². The summed E-state index contributed by atoms with van der Waals surface area (Å²) in [5, 5.41) is 0. The van der Waals surface area contributed by atoms with E-state index in [2.05, 4.69) is 0 Å². The fourth-order valence-corrected chi connectivity index (χ4v) is 1.78. The van der Waals surface area contributed by atoms with Crippen molar-refractivity contribution in [2.75, 3.05) is 33.4 Å². The number of nitrogens with two attached hydrogens (primary N) is 1. The standard InChI is InChI=1S/C10H20N2O2/c1-12(8-10(11)13)5-2-9-3-6-14-7-4-9/h9H,2-8H2,1H3,(H2,11,13). The molecule has 4 heteroatoms. The van der Waals surface area contributed by atoms with Gasteiger partial charge in [-0.25, -0.2) is 0 Å². The first-order chi connectivity index (χ1) is 6.68. The summed E-state index contributed by atoms with van der Waals surface area (Å²) in [5.41, 5.74) is 5.10. The Hall–Kier alpha value is -0.610. The molecule has 82 valence electrons. The van der Waals surface area contributed by atoms with Gasteiger partial charge in [-0.3, -0.25) is 9.69 Å². The topological polar surface area (TPSA) is 55.6 Å². The predicted octanol–water partition coefficient (Wildman–Crippen LogP) is 0.220. The molecular weight excluding hydrogens is 180 g/mol. The molecule has 1 fully saturated rings. The van der Waals surface area contributed by atoms with E-state index in [1.165, 1.54) is 0 Å². The summed E-state index contributed by atoms with van der Waals surface area (Å²) in [5.74, 6) is 0.513. The van der Waals surface area contributed by atoms with Gasteiger partial charge in [0.15, 0.2) is 0 Å². The maximum Gasteiger partial charge on any atom is 0.231 e. The fraction of sp³-hybridized carbons (Fsp3) is 0.900. The molecule has 1 aliphatic rings. The molecular formula is C10H20N2O2. The summed E-state index contributed by atoms with van der Waals surface area (Å²) in [6.07, 6.45) is 3.46. The van der Waals surface area contributed by atoms with Gasteiger partial charge < -0.3 is 10.5 Å². The molecule has 0 unspecified atom stereocenters. The lowest BCUT2D eigenvalue weighted by atomic mass is 9.96. The van der Waals surface area contributed by atoms with Gasteiger partial charge in [0.2, 0.25) is 5.91 Å². The van der Waals surface area contributed by atoms with Crippen LogP contribution in [0.2, 0.25) is 0 Å². The highest BCUT2D eigenvalue weighted by molar-refractivity contribution is 5.75. The van der Waals surface area contributed by atoms with Gasteiger partial charge in [-0.15, -0.1) is 0 Å². The number of amides is 1. The number of carbonyl (C=O) groups is 1. The molecule has 0 aliphatic carbocycles. The van der Waals surface area contributed by atoms with E-state index in [1.807, 2.05) is 11.9 Å². The number of rotatable bonds is 5. The second kappa shape index (κ2) is 5.98. The zero-order chi connectivity index (χ0) is 10.4. The Labute approximate surface area is 85.4 Å². The molecule has 1 saturated heterocycles. The Balaban J connectivity index is 2.09. The van der Waals surface area contributed by atoms with E-state index in [4.69, 9.17) is 10.5 Å². The van der Waals surface area contributed by atoms with Crippen molar-refractivity contribution in [2.24, 2.45) is 11.7 Å². The van der Waals surface area contributed by atoms with Gasteiger partial charge in [-0.05, 0) is 38.8 Å². The molecule has 0 saturated carbocycles. The Bertz CT molecular complexity index is 179. The minimum Gasteiger partial charge on any atom is -0.381 e. The van der Waals surface area contributed by atoms with Crippen molar-refractivity contribution < 1.29 is 9.53 Å². The van der Waals surface area contributed by atoms with Crippen molar-refractivity contribution in [3.63, 3.8) is 0 Å². The molecule has 0 atom stereocenters. The SMILES string of the molecule is CN(CCC1CCOCC1)CC(N)=O. The Morgan fingerprint density at radius 1 is 1.50 bits per heavy atom. The van der Waals surface area contributed by atoms with E-state index < -0.39 is 0 Å². The monoisotopic (exact) mass is 200 g/mol. The minimum absolute atomic E-state index is 0.250. The highest BCUT2D eigenvalue weighted by atomic mass is 16.5.